The number of rotatable bonds is 9. The molecule has 0 atom stereocenters. The fraction of sp³-hybridized carbons (Fsp3) is 0.296. The van der Waals surface area contributed by atoms with Crippen molar-refractivity contribution >= 4 is 17.3 Å². The monoisotopic (exact) mass is 466 g/mol. The molecule has 6 nitrogen and oxygen atoms in total. The maximum absolute atomic E-state index is 13.1. The predicted molar refractivity (Wildman–Crippen MR) is 139 cm³/mol. The number of benzene rings is 3. The van der Waals surface area contributed by atoms with Crippen LogP contribution in [0.25, 0.3) is 11.1 Å². The minimum Gasteiger partial charge on any atom is -0.476 e. The summed E-state index contributed by atoms with van der Waals surface area (Å²) in [7, 11) is 5.75. The summed E-state index contributed by atoms with van der Waals surface area (Å²) in [5, 5.41) is 5.60. The van der Waals surface area contributed by atoms with Crippen molar-refractivity contribution in [3.8, 4) is 16.9 Å². The van der Waals surface area contributed by atoms with E-state index in [0.717, 1.165) is 30.5 Å². The van der Waals surface area contributed by atoms with Gasteiger partial charge in [0.2, 0.25) is 0 Å². The Morgan fingerprint density at radius 1 is 1.00 bits per heavy atom. The largest absolute Gasteiger partial charge is 0.476 e. The molecule has 0 saturated heterocycles. The molecule has 0 spiro atoms. The number of ether oxygens (including phenoxy) is 1. The summed E-state index contributed by atoms with van der Waals surface area (Å²) < 4.78 is 18.9. The second kappa shape index (κ2) is 14.0. The van der Waals surface area contributed by atoms with Crippen molar-refractivity contribution in [2.24, 2.45) is 0 Å². The van der Waals surface area contributed by atoms with Crippen LogP contribution in [0.2, 0.25) is 0 Å². The van der Waals surface area contributed by atoms with Crippen LogP contribution in [-0.2, 0) is 0 Å². The highest BCUT2D eigenvalue weighted by atomic mass is 19.1. The van der Waals surface area contributed by atoms with Crippen molar-refractivity contribution in [1.29, 1.82) is 0 Å². The van der Waals surface area contributed by atoms with Crippen LogP contribution in [0, 0.1) is 5.82 Å². The second-order valence-electron chi connectivity index (χ2n) is 8.00. The van der Waals surface area contributed by atoms with Gasteiger partial charge in [0, 0.05) is 17.8 Å². The number of hydrogen-bond donors (Lipinski definition) is 3. The van der Waals surface area contributed by atoms with Crippen molar-refractivity contribution < 1.29 is 13.9 Å². The number of amides is 1. The minimum absolute atomic E-state index is 0.238. The van der Waals surface area contributed by atoms with Crippen molar-refractivity contribution in [1.82, 2.24) is 10.2 Å². The van der Waals surface area contributed by atoms with Gasteiger partial charge in [-0.25, -0.2) is 4.39 Å². The van der Waals surface area contributed by atoms with Crippen LogP contribution < -0.4 is 21.1 Å². The molecule has 3 aromatic carbocycles. The lowest BCUT2D eigenvalue weighted by molar-refractivity contribution is 0.102. The van der Waals surface area contributed by atoms with Crippen molar-refractivity contribution in [3.05, 3.63) is 78.1 Å². The highest BCUT2D eigenvalue weighted by Crippen LogP contribution is 2.26. The van der Waals surface area contributed by atoms with Gasteiger partial charge < -0.3 is 21.1 Å². The van der Waals surface area contributed by atoms with Crippen molar-refractivity contribution in [2.45, 2.75) is 19.8 Å². The Balaban J connectivity index is 0.00000129. The number of nitrogens with two attached hydrogens (primary N) is 1. The van der Waals surface area contributed by atoms with Gasteiger partial charge in [0.25, 0.3) is 5.91 Å². The molecule has 7 heteroatoms. The first-order valence-corrected chi connectivity index (χ1v) is 11.3. The van der Waals surface area contributed by atoms with Crippen LogP contribution in [0.4, 0.5) is 15.8 Å². The molecule has 0 unspecified atom stereocenters. The highest BCUT2D eigenvalue weighted by Gasteiger charge is 2.09. The number of nitrogens with one attached hydrogen (secondary N) is 2. The second-order valence-corrected chi connectivity index (χ2v) is 8.00. The first-order valence-electron chi connectivity index (χ1n) is 11.3. The molecule has 182 valence electrons. The molecule has 0 aliphatic heterocycles. The molecule has 0 aromatic heterocycles. The smallest absolute Gasteiger partial charge is 0.255 e. The number of nitrogen functional groups attached to an aromatic ring is 1. The van der Waals surface area contributed by atoms with E-state index in [0.29, 0.717) is 29.4 Å². The summed E-state index contributed by atoms with van der Waals surface area (Å²) in [5.41, 5.74) is 9.47. The molecule has 0 heterocycles. The standard InChI is InChI=1S/C25H28FN3O2.C2H7N/c1-3-4-15-29(2)17-31-24-14-13-22(16-23(24)27)28-25(30)20-7-5-18(6-8-20)19-9-11-21(26)12-10-19;1-3-2/h5-14,16H,3-4,15,17,27H2,1-2H3,(H,28,30);3H,1-2H3. The molecule has 4 N–H and O–H groups in total. The van der Waals surface area contributed by atoms with Gasteiger partial charge in [-0.1, -0.05) is 37.6 Å². The van der Waals surface area contributed by atoms with E-state index in [4.69, 9.17) is 10.5 Å². The molecule has 0 radical (unpaired) electrons. The zero-order valence-electron chi connectivity index (χ0n) is 20.4. The molecule has 3 aromatic rings. The lowest BCUT2D eigenvalue weighted by atomic mass is 10.0. The molecule has 0 bridgehead atoms. The summed E-state index contributed by atoms with van der Waals surface area (Å²) in [6.07, 6.45) is 2.25. The molecular weight excluding hydrogens is 431 g/mol. The minimum atomic E-state index is -0.279. The van der Waals surface area contributed by atoms with E-state index in [-0.39, 0.29) is 11.7 Å². The number of carbonyl (C=O) groups excluding carboxylic acids is 1. The Morgan fingerprint density at radius 2 is 1.59 bits per heavy atom. The third-order valence-corrected chi connectivity index (χ3v) is 4.93. The van der Waals surface area contributed by atoms with Crippen LogP contribution in [-0.4, -0.2) is 45.2 Å². The number of hydrogen-bond acceptors (Lipinski definition) is 5. The Bertz CT molecular complexity index is 1020. The topological polar surface area (TPSA) is 79.6 Å². The van der Waals surface area contributed by atoms with Crippen LogP contribution in [0.3, 0.4) is 0 Å². The highest BCUT2D eigenvalue weighted by molar-refractivity contribution is 6.04. The summed E-state index contributed by atoms with van der Waals surface area (Å²) in [5.74, 6) is 0.0713. The Kier molecular flexibility index (Phi) is 11.0. The van der Waals surface area contributed by atoms with E-state index in [2.05, 4.69) is 22.5 Å². The normalized spacial score (nSPS) is 10.4. The van der Waals surface area contributed by atoms with E-state index in [9.17, 15) is 9.18 Å². The van der Waals surface area contributed by atoms with Gasteiger partial charge in [-0.05, 0) is 81.2 Å². The van der Waals surface area contributed by atoms with Crippen LogP contribution in [0.5, 0.6) is 5.75 Å². The van der Waals surface area contributed by atoms with Crippen LogP contribution in [0.1, 0.15) is 30.1 Å². The van der Waals surface area contributed by atoms with Crippen LogP contribution >= 0.6 is 0 Å². The lowest BCUT2D eigenvalue weighted by Gasteiger charge is -2.18. The molecule has 1 amide bonds. The van der Waals surface area contributed by atoms with E-state index < -0.39 is 0 Å². The number of unbranched alkanes of at least 4 members (excludes halogenated alkanes) is 1. The lowest BCUT2D eigenvalue weighted by Crippen LogP contribution is -2.25. The summed E-state index contributed by atoms with van der Waals surface area (Å²) >= 11 is 0. The fourth-order valence-electron chi connectivity index (χ4n) is 3.09. The predicted octanol–water partition coefficient (Wildman–Crippen LogP) is 5.23. The van der Waals surface area contributed by atoms with Gasteiger partial charge in [0.05, 0.1) is 5.69 Å². The Morgan fingerprint density at radius 3 is 2.15 bits per heavy atom. The molecule has 0 aliphatic carbocycles. The summed E-state index contributed by atoms with van der Waals surface area (Å²) in [4.78, 5) is 14.7. The molecule has 0 saturated carbocycles. The van der Waals surface area contributed by atoms with E-state index in [1.807, 2.05) is 33.3 Å². The maximum atomic E-state index is 13.1. The third kappa shape index (κ3) is 8.50. The van der Waals surface area contributed by atoms with Gasteiger partial charge in [-0.3, -0.25) is 9.69 Å². The zero-order chi connectivity index (χ0) is 24.9. The number of anilines is 2. The Hall–Kier alpha value is -3.42. The van der Waals surface area contributed by atoms with Crippen LogP contribution in [0.15, 0.2) is 66.7 Å². The number of carbonyl (C=O) groups is 1. The summed E-state index contributed by atoms with van der Waals surface area (Å²) in [6.45, 7) is 3.57. The van der Waals surface area contributed by atoms with Gasteiger partial charge in [-0.15, -0.1) is 0 Å². The molecule has 34 heavy (non-hydrogen) atoms. The van der Waals surface area contributed by atoms with Crippen molar-refractivity contribution in [3.63, 3.8) is 0 Å². The number of halogens is 1. The third-order valence-electron chi connectivity index (χ3n) is 4.93. The maximum Gasteiger partial charge on any atom is 0.255 e. The molecule has 0 aliphatic rings. The zero-order valence-corrected chi connectivity index (χ0v) is 20.4. The van der Waals surface area contributed by atoms with Crippen molar-refractivity contribution in [2.75, 3.05) is 45.5 Å². The number of nitrogens with zero attached hydrogens (tertiary/aromatic N) is 1. The molecule has 3 rings (SSSR count). The van der Waals surface area contributed by atoms with E-state index >= 15 is 0 Å². The fourth-order valence-corrected chi connectivity index (χ4v) is 3.09. The SMILES string of the molecule is CCCCN(C)COc1ccc(NC(=O)c2ccc(-c3ccc(F)cc3)cc2)cc1N.CNC. The Labute approximate surface area is 201 Å². The first kappa shape index (κ1) is 26.8. The summed E-state index contributed by atoms with van der Waals surface area (Å²) in [6, 6.07) is 18.6. The first-order chi connectivity index (χ1) is 16.4. The van der Waals surface area contributed by atoms with Gasteiger partial charge in [0.1, 0.15) is 18.3 Å². The quantitative estimate of drug-likeness (QED) is 0.297. The van der Waals surface area contributed by atoms with Gasteiger partial charge in [0.15, 0.2) is 0 Å². The van der Waals surface area contributed by atoms with Gasteiger partial charge in [-0.2, -0.15) is 0 Å². The molecule has 0 fully saturated rings. The van der Waals surface area contributed by atoms with E-state index in [1.165, 1.54) is 12.1 Å². The average Bonchev–Trinajstić information content (AvgIpc) is 2.83. The van der Waals surface area contributed by atoms with Gasteiger partial charge >= 0.3 is 0 Å². The molecular formula is C27H35FN4O2. The average molecular weight is 467 g/mol. The van der Waals surface area contributed by atoms with E-state index in [1.54, 1.807) is 42.5 Å².